The van der Waals surface area contributed by atoms with Crippen molar-refractivity contribution in [2.75, 3.05) is 6.54 Å². The van der Waals surface area contributed by atoms with Gasteiger partial charge < -0.3 is 14.6 Å². The van der Waals surface area contributed by atoms with E-state index >= 15 is 0 Å². The Morgan fingerprint density at radius 3 is 2.14 bits per heavy atom. The van der Waals surface area contributed by atoms with Crippen LogP contribution in [0, 0.1) is 66.3 Å². The maximum absolute atomic E-state index is 13.7. The second-order valence-electron chi connectivity index (χ2n) is 20.3. The van der Waals surface area contributed by atoms with E-state index in [1.807, 2.05) is 34.6 Å². The number of hydrogen-bond acceptors (Lipinski definition) is 8. The molecule has 0 heterocycles. The van der Waals surface area contributed by atoms with Crippen LogP contribution in [0.4, 0.5) is 0 Å². The number of allylic oxidation sites excluding steroid dienone is 1. The fourth-order valence-corrected chi connectivity index (χ4v) is 12.6. The summed E-state index contributed by atoms with van der Waals surface area (Å²) in [7, 11) is 0. The fraction of sp³-hybridized carbons (Fsp3) is 0.878. The van der Waals surface area contributed by atoms with Crippen LogP contribution < -0.4 is 0 Å². The number of fused-ring (bicyclic) bond motifs is 7. The van der Waals surface area contributed by atoms with E-state index in [-0.39, 0.29) is 64.2 Å². The average molecular weight is 700 g/mol. The van der Waals surface area contributed by atoms with E-state index in [1.54, 1.807) is 13.8 Å². The number of nitrogens with zero attached hydrogens (tertiary/aromatic N) is 1. The molecule has 0 aromatic rings. The Labute approximate surface area is 300 Å². The topological polar surface area (TPSA) is 133 Å². The minimum absolute atomic E-state index is 0.00295. The summed E-state index contributed by atoms with van der Waals surface area (Å²) in [6.07, 6.45) is 5.78. The number of aliphatic hydroxyl groups is 1. The Morgan fingerprint density at radius 1 is 0.920 bits per heavy atom. The maximum Gasteiger partial charge on any atom is 0.312 e. The van der Waals surface area contributed by atoms with Gasteiger partial charge in [0.15, 0.2) is 5.78 Å². The highest BCUT2D eigenvalue weighted by Crippen LogP contribution is 2.77. The third kappa shape index (κ3) is 5.97. The van der Waals surface area contributed by atoms with E-state index in [0.717, 1.165) is 56.1 Å². The van der Waals surface area contributed by atoms with Crippen molar-refractivity contribution in [3.63, 3.8) is 0 Å². The predicted molar refractivity (Wildman–Crippen MR) is 191 cm³/mol. The van der Waals surface area contributed by atoms with Crippen LogP contribution in [0.3, 0.4) is 0 Å². The van der Waals surface area contributed by atoms with Crippen molar-refractivity contribution in [1.29, 1.82) is 0 Å². The summed E-state index contributed by atoms with van der Waals surface area (Å²) in [4.78, 5) is 51.2. The highest BCUT2D eigenvalue weighted by molar-refractivity contribution is 6.00. The molecule has 50 heavy (non-hydrogen) atoms. The number of Topliss-reactive ketones (excluding diaryl/α,β-unsaturated/α-hetero) is 1. The van der Waals surface area contributed by atoms with Gasteiger partial charge in [0.05, 0.1) is 11.8 Å². The number of ketones is 1. The molecule has 4 fully saturated rings. The molecule has 0 amide bonds. The zero-order valence-electron chi connectivity index (χ0n) is 33.0. The molecule has 282 valence electrons. The highest BCUT2D eigenvalue weighted by Gasteiger charge is 2.71. The number of esters is 2. The van der Waals surface area contributed by atoms with Gasteiger partial charge in [0.1, 0.15) is 17.8 Å². The van der Waals surface area contributed by atoms with Crippen molar-refractivity contribution in [3.05, 3.63) is 21.3 Å². The monoisotopic (exact) mass is 699 g/mol. The molecule has 9 atom stereocenters. The van der Waals surface area contributed by atoms with Crippen LogP contribution in [-0.2, 0) is 23.9 Å². The van der Waals surface area contributed by atoms with Crippen molar-refractivity contribution in [2.45, 2.75) is 165 Å². The Morgan fingerprint density at radius 2 is 1.56 bits per heavy atom. The number of ether oxygens (including phenoxy) is 2. The first-order valence-electron chi connectivity index (χ1n) is 19.3. The lowest BCUT2D eigenvalue weighted by atomic mass is 9.33. The third-order valence-corrected chi connectivity index (χ3v) is 15.2. The molecule has 0 saturated heterocycles. The first kappa shape index (κ1) is 38.9. The SMILES string of the molecule is CC(C)C1=C2[C@H]3CC[C@H]4C(C)(CC[C@H]5C(C)(C)[C@@H](OC(=O)CC(C)(C)C(=O)OC(C)(C)C)CC[C@@]54C)[C@]3(C)CC[C@@]2([C@@H](O)C[N+](=O)[O-])CC1=O. The summed E-state index contributed by atoms with van der Waals surface area (Å²) in [5.41, 5.74) is -1.00. The minimum atomic E-state index is -1.18. The summed E-state index contributed by atoms with van der Waals surface area (Å²) >= 11 is 0. The van der Waals surface area contributed by atoms with Crippen LogP contribution in [0.15, 0.2) is 11.1 Å². The molecule has 5 aliphatic carbocycles. The summed E-state index contributed by atoms with van der Waals surface area (Å²) in [6.45, 7) is 24.4. The largest absolute Gasteiger partial charge is 0.462 e. The number of aliphatic hydroxyl groups excluding tert-OH is 1. The Hall–Kier alpha value is -2.29. The van der Waals surface area contributed by atoms with E-state index in [0.29, 0.717) is 18.3 Å². The first-order chi connectivity index (χ1) is 22.8. The third-order valence-electron chi connectivity index (χ3n) is 15.2. The number of hydrogen-bond donors (Lipinski definition) is 1. The molecule has 0 spiro atoms. The molecule has 5 rings (SSSR count). The second kappa shape index (κ2) is 12.4. The lowest BCUT2D eigenvalue weighted by molar-refractivity contribution is -0.494. The molecular weight excluding hydrogens is 634 g/mol. The van der Waals surface area contributed by atoms with E-state index in [4.69, 9.17) is 9.47 Å². The van der Waals surface area contributed by atoms with Crippen molar-refractivity contribution in [1.82, 2.24) is 0 Å². The van der Waals surface area contributed by atoms with Gasteiger partial charge in [0.2, 0.25) is 6.54 Å². The second-order valence-corrected chi connectivity index (χ2v) is 20.3. The molecule has 0 aromatic heterocycles. The van der Waals surface area contributed by atoms with E-state index in [9.17, 15) is 29.6 Å². The Balaban J connectivity index is 1.41. The zero-order chi connectivity index (χ0) is 37.6. The summed E-state index contributed by atoms with van der Waals surface area (Å²) < 4.78 is 11.9. The maximum atomic E-state index is 13.7. The van der Waals surface area contributed by atoms with E-state index in [2.05, 4.69) is 34.6 Å². The highest BCUT2D eigenvalue weighted by atomic mass is 16.6. The van der Waals surface area contributed by atoms with Gasteiger partial charge in [0, 0.05) is 22.2 Å². The van der Waals surface area contributed by atoms with Crippen LogP contribution in [-0.4, -0.2) is 52.1 Å². The molecule has 0 radical (unpaired) electrons. The number of rotatable bonds is 8. The standard InChI is InChI=1S/C41H65NO8/c1-24(2)32-26(43)21-41(29(44)23-42(47)48)20-19-39(11)25(33(32)41)13-14-28-38(10)17-16-30(37(8,9)27(38)15-18-40(28,39)12)49-31(45)22-36(6,7)34(46)50-35(3,4)5/h24-25,27-30,44H,13-23H2,1-12H3/t25-,27+,28-,29+,30+,38+,39-,40?,41+/m1/s1. The van der Waals surface area contributed by atoms with Crippen LogP contribution in [0.25, 0.3) is 0 Å². The van der Waals surface area contributed by atoms with Crippen molar-refractivity contribution < 1.29 is 33.9 Å². The Bertz CT molecular complexity index is 1450. The van der Waals surface area contributed by atoms with Crippen molar-refractivity contribution in [2.24, 2.45) is 56.2 Å². The van der Waals surface area contributed by atoms with Crippen LogP contribution in [0.2, 0.25) is 0 Å². The molecule has 0 bridgehead atoms. The van der Waals surface area contributed by atoms with Gasteiger partial charge in [-0.3, -0.25) is 24.5 Å². The number of carbonyl (C=O) groups is 3. The van der Waals surface area contributed by atoms with E-state index in [1.165, 1.54) is 0 Å². The van der Waals surface area contributed by atoms with Gasteiger partial charge in [-0.1, -0.05) is 54.0 Å². The first-order valence-corrected chi connectivity index (χ1v) is 19.3. The van der Waals surface area contributed by atoms with Gasteiger partial charge in [-0.25, -0.2) is 0 Å². The van der Waals surface area contributed by atoms with Gasteiger partial charge in [-0.15, -0.1) is 0 Å². The van der Waals surface area contributed by atoms with Gasteiger partial charge in [-0.2, -0.15) is 0 Å². The lowest BCUT2D eigenvalue weighted by Gasteiger charge is -2.72. The molecule has 9 heteroatoms. The molecule has 1 N–H and O–H groups in total. The molecule has 1 unspecified atom stereocenters. The summed E-state index contributed by atoms with van der Waals surface area (Å²) in [6, 6.07) is 0. The van der Waals surface area contributed by atoms with E-state index < -0.39 is 40.0 Å². The predicted octanol–water partition coefficient (Wildman–Crippen LogP) is 8.27. The number of nitro groups is 1. The molecule has 5 aliphatic rings. The summed E-state index contributed by atoms with van der Waals surface area (Å²) in [5.74, 6) is 0.155. The molecular formula is C41H65NO8. The summed E-state index contributed by atoms with van der Waals surface area (Å²) in [5, 5.41) is 23.1. The molecule has 4 saturated carbocycles. The van der Waals surface area contributed by atoms with Crippen LogP contribution >= 0.6 is 0 Å². The smallest absolute Gasteiger partial charge is 0.312 e. The molecule has 0 aromatic carbocycles. The van der Waals surface area contributed by atoms with Gasteiger partial charge in [0.25, 0.3) is 0 Å². The minimum Gasteiger partial charge on any atom is -0.462 e. The number of carbonyl (C=O) groups excluding carboxylic acids is 3. The molecule has 0 aliphatic heterocycles. The molecule has 9 nitrogen and oxygen atoms in total. The normalized spacial score (nSPS) is 38.8. The Kier molecular flexibility index (Phi) is 9.66. The van der Waals surface area contributed by atoms with Crippen molar-refractivity contribution in [3.8, 4) is 0 Å². The van der Waals surface area contributed by atoms with Crippen LogP contribution in [0.5, 0.6) is 0 Å². The lowest BCUT2D eigenvalue weighted by Crippen LogP contribution is -2.66. The van der Waals surface area contributed by atoms with Crippen molar-refractivity contribution >= 4 is 17.7 Å². The fourth-order valence-electron chi connectivity index (χ4n) is 12.6. The van der Waals surface area contributed by atoms with Gasteiger partial charge >= 0.3 is 11.9 Å². The van der Waals surface area contributed by atoms with Crippen LogP contribution in [0.1, 0.15) is 147 Å². The quantitative estimate of drug-likeness (QED) is 0.152. The average Bonchev–Trinajstić information content (AvgIpc) is 3.27. The van der Waals surface area contributed by atoms with Gasteiger partial charge in [-0.05, 0) is 131 Å². The zero-order valence-corrected chi connectivity index (χ0v) is 33.0.